The van der Waals surface area contributed by atoms with Crippen molar-refractivity contribution in [2.75, 3.05) is 6.61 Å². The van der Waals surface area contributed by atoms with Gasteiger partial charge in [-0.25, -0.2) is 0 Å². The summed E-state index contributed by atoms with van der Waals surface area (Å²) in [6.07, 6.45) is 6.43. The van der Waals surface area contributed by atoms with Gasteiger partial charge in [-0.15, -0.1) is 0 Å². The smallest absolute Gasteiger partial charge is 0.0962 e. The minimum atomic E-state index is 0.226. The average molecular weight is 339 g/mol. The number of hydrogen-bond acceptors (Lipinski definition) is 2. The summed E-state index contributed by atoms with van der Waals surface area (Å²) >= 11 is 3.69. The Balaban J connectivity index is 1.64. The van der Waals surface area contributed by atoms with Crippen molar-refractivity contribution in [1.29, 1.82) is 0 Å². The fourth-order valence-corrected chi connectivity index (χ4v) is 4.05. The molecule has 0 bridgehead atoms. The topological polar surface area (TPSA) is 18.5 Å². The minimum Gasteiger partial charge on any atom is -0.374 e. The minimum absolute atomic E-state index is 0.226. The van der Waals surface area contributed by atoms with Gasteiger partial charge in [0.2, 0.25) is 0 Å². The highest BCUT2D eigenvalue weighted by Crippen LogP contribution is 2.40. The van der Waals surface area contributed by atoms with Crippen LogP contribution in [0.25, 0.3) is 0 Å². The number of halogens is 1. The number of rotatable bonds is 5. The van der Waals surface area contributed by atoms with Crippen molar-refractivity contribution in [3.8, 4) is 0 Å². The predicted molar refractivity (Wildman–Crippen MR) is 84.4 cm³/mol. The molecule has 0 saturated heterocycles. The van der Waals surface area contributed by atoms with Crippen LogP contribution in [0.3, 0.4) is 0 Å². The monoisotopic (exact) mass is 338 g/mol. The summed E-state index contributed by atoms with van der Waals surface area (Å²) in [5.74, 6) is 0. The van der Waals surface area contributed by atoms with Crippen molar-refractivity contribution in [2.24, 2.45) is 0 Å². The lowest BCUT2D eigenvalue weighted by atomic mass is 9.87. The van der Waals surface area contributed by atoms with Crippen molar-refractivity contribution in [3.05, 3.63) is 35.4 Å². The van der Waals surface area contributed by atoms with Crippen LogP contribution in [0.2, 0.25) is 0 Å². The van der Waals surface area contributed by atoms with Gasteiger partial charge in [-0.1, -0.05) is 47.1 Å². The van der Waals surface area contributed by atoms with Crippen LogP contribution in [0.4, 0.5) is 0 Å². The molecule has 2 nitrogen and oxygen atoms in total. The molecule has 0 spiro atoms. The Hall–Kier alpha value is -0.380. The van der Waals surface area contributed by atoms with Gasteiger partial charge in [0, 0.05) is 11.4 Å². The third kappa shape index (κ3) is 2.95. The summed E-state index contributed by atoms with van der Waals surface area (Å²) in [6.45, 7) is 2.98. The Kier molecular flexibility index (Phi) is 4.79. The van der Waals surface area contributed by atoms with E-state index in [0.29, 0.717) is 4.83 Å². The van der Waals surface area contributed by atoms with E-state index in [1.807, 2.05) is 0 Å². The van der Waals surface area contributed by atoms with E-state index >= 15 is 0 Å². The molecule has 1 aromatic rings. The molecule has 0 heterocycles. The second kappa shape index (κ2) is 6.59. The summed E-state index contributed by atoms with van der Waals surface area (Å²) in [5.41, 5.74) is 2.86. The Bertz CT molecular complexity index is 448. The van der Waals surface area contributed by atoms with Gasteiger partial charge in [0.25, 0.3) is 0 Å². The molecular weight excluding hydrogens is 316 g/mol. The molecule has 2 aliphatic carbocycles. The Morgan fingerprint density at radius 2 is 2.15 bits per heavy atom. The summed E-state index contributed by atoms with van der Waals surface area (Å²) < 4.78 is 12.3. The van der Waals surface area contributed by atoms with Crippen LogP contribution in [-0.4, -0.2) is 23.6 Å². The van der Waals surface area contributed by atoms with Gasteiger partial charge in [-0.2, -0.15) is 0 Å². The summed E-state index contributed by atoms with van der Waals surface area (Å²) in [5, 5.41) is 0. The van der Waals surface area contributed by atoms with Gasteiger partial charge in [0.05, 0.1) is 18.3 Å². The van der Waals surface area contributed by atoms with E-state index in [-0.39, 0.29) is 18.3 Å². The van der Waals surface area contributed by atoms with E-state index in [0.717, 1.165) is 25.9 Å². The van der Waals surface area contributed by atoms with Gasteiger partial charge in [0.1, 0.15) is 0 Å². The van der Waals surface area contributed by atoms with Crippen LogP contribution in [0.5, 0.6) is 0 Å². The normalized spacial score (nSPS) is 32.5. The van der Waals surface area contributed by atoms with E-state index in [9.17, 15) is 0 Å². The van der Waals surface area contributed by atoms with Crippen LogP contribution in [-0.2, 0) is 15.9 Å². The molecule has 3 heteroatoms. The van der Waals surface area contributed by atoms with Crippen LogP contribution >= 0.6 is 15.9 Å². The second-order valence-electron chi connectivity index (χ2n) is 5.84. The zero-order chi connectivity index (χ0) is 13.9. The highest BCUT2D eigenvalue weighted by Gasteiger charge is 2.43. The quantitative estimate of drug-likeness (QED) is 0.740. The predicted octanol–water partition coefficient (Wildman–Crippen LogP) is 4.41. The largest absolute Gasteiger partial charge is 0.374 e. The first-order valence-corrected chi connectivity index (χ1v) is 8.70. The van der Waals surface area contributed by atoms with Crippen LogP contribution in [0, 0.1) is 0 Å². The summed E-state index contributed by atoms with van der Waals surface area (Å²) in [4.78, 5) is 0.456. The molecule has 4 atom stereocenters. The Labute approximate surface area is 130 Å². The lowest BCUT2D eigenvalue weighted by Crippen LogP contribution is -2.51. The molecule has 20 heavy (non-hydrogen) atoms. The maximum absolute atomic E-state index is 6.38. The highest BCUT2D eigenvalue weighted by molar-refractivity contribution is 9.09. The fourth-order valence-electron chi connectivity index (χ4n) is 3.19. The number of ether oxygens (including phenoxy) is 2. The number of alkyl halides is 1. The number of fused-ring (bicyclic) bond motifs is 1. The van der Waals surface area contributed by atoms with Crippen molar-refractivity contribution in [2.45, 2.75) is 62.2 Å². The molecule has 110 valence electrons. The first-order chi connectivity index (χ1) is 9.79. The summed E-state index contributed by atoms with van der Waals surface area (Å²) in [6, 6.07) is 8.72. The van der Waals surface area contributed by atoms with E-state index in [1.165, 1.54) is 24.0 Å². The zero-order valence-corrected chi connectivity index (χ0v) is 13.6. The number of hydrogen-bond donors (Lipinski definition) is 0. The number of benzene rings is 1. The SMILES string of the molecule is CCCOC1C(Br)CC1OC1CCCc2ccccc21. The van der Waals surface area contributed by atoms with Crippen molar-refractivity contribution >= 4 is 15.9 Å². The molecule has 4 unspecified atom stereocenters. The van der Waals surface area contributed by atoms with Crippen LogP contribution in [0.1, 0.15) is 49.8 Å². The molecular formula is C17H23BrO2. The highest BCUT2D eigenvalue weighted by atomic mass is 79.9. The Morgan fingerprint density at radius 1 is 1.30 bits per heavy atom. The molecule has 1 saturated carbocycles. The Morgan fingerprint density at radius 3 is 2.95 bits per heavy atom. The fraction of sp³-hybridized carbons (Fsp3) is 0.647. The van der Waals surface area contributed by atoms with E-state index in [2.05, 4.69) is 47.1 Å². The molecule has 0 amide bonds. The molecule has 3 rings (SSSR count). The molecule has 1 aromatic carbocycles. The molecule has 0 aliphatic heterocycles. The maximum atomic E-state index is 6.38. The molecule has 0 radical (unpaired) electrons. The van der Waals surface area contributed by atoms with Gasteiger partial charge in [0.15, 0.2) is 0 Å². The second-order valence-corrected chi connectivity index (χ2v) is 7.02. The maximum Gasteiger partial charge on any atom is 0.0962 e. The lowest BCUT2D eigenvalue weighted by molar-refractivity contribution is -0.149. The third-order valence-corrected chi connectivity index (χ3v) is 5.24. The van der Waals surface area contributed by atoms with Crippen molar-refractivity contribution in [1.82, 2.24) is 0 Å². The molecule has 0 aromatic heterocycles. The molecule has 1 fully saturated rings. The van der Waals surface area contributed by atoms with Gasteiger partial charge in [-0.05, 0) is 43.2 Å². The van der Waals surface area contributed by atoms with Gasteiger partial charge < -0.3 is 9.47 Å². The van der Waals surface area contributed by atoms with E-state index in [1.54, 1.807) is 0 Å². The van der Waals surface area contributed by atoms with Crippen LogP contribution < -0.4 is 0 Å². The lowest BCUT2D eigenvalue weighted by Gasteiger charge is -2.43. The van der Waals surface area contributed by atoms with Crippen molar-refractivity contribution in [3.63, 3.8) is 0 Å². The van der Waals surface area contributed by atoms with Gasteiger partial charge >= 0.3 is 0 Å². The third-order valence-electron chi connectivity index (χ3n) is 4.35. The molecule has 2 aliphatic rings. The van der Waals surface area contributed by atoms with E-state index in [4.69, 9.17) is 9.47 Å². The first-order valence-electron chi connectivity index (χ1n) is 7.78. The summed E-state index contributed by atoms with van der Waals surface area (Å²) in [7, 11) is 0. The first kappa shape index (κ1) is 14.6. The average Bonchev–Trinajstić information content (AvgIpc) is 2.47. The molecule has 0 N–H and O–H groups in total. The number of aryl methyl sites for hydroxylation is 1. The zero-order valence-electron chi connectivity index (χ0n) is 12.1. The standard InChI is InChI=1S/C17H23BrO2/c1-2-10-19-17-14(18)11-16(17)20-15-9-5-7-12-6-3-4-8-13(12)15/h3-4,6,8,14-17H,2,5,7,9-11H2,1H3. The van der Waals surface area contributed by atoms with Gasteiger partial charge in [-0.3, -0.25) is 0 Å². The van der Waals surface area contributed by atoms with Crippen molar-refractivity contribution < 1.29 is 9.47 Å². The van der Waals surface area contributed by atoms with Crippen LogP contribution in [0.15, 0.2) is 24.3 Å². The van der Waals surface area contributed by atoms with E-state index < -0.39 is 0 Å².